The maximum atomic E-state index is 11.1. The van der Waals surface area contributed by atoms with Crippen LogP contribution in [-0.4, -0.2) is 22.2 Å². The lowest BCUT2D eigenvalue weighted by atomic mass is 9.74. The van der Waals surface area contributed by atoms with Crippen LogP contribution in [0.5, 0.6) is 0 Å². The van der Waals surface area contributed by atoms with Crippen LogP contribution in [0.25, 0.3) is 0 Å². The number of carbonyl (C=O) groups is 2. The lowest BCUT2D eigenvalue weighted by molar-refractivity contribution is -0.144. The minimum Gasteiger partial charge on any atom is -0.481 e. The number of hydrogen-bond acceptors (Lipinski definition) is 2. The predicted molar refractivity (Wildman–Crippen MR) is 75.0 cm³/mol. The first-order chi connectivity index (χ1) is 8.60. The molecule has 0 aliphatic heterocycles. The lowest BCUT2D eigenvalue weighted by Gasteiger charge is -2.31. The molecule has 0 saturated heterocycles. The Labute approximate surface area is 116 Å². The molecule has 112 valence electrons. The molecule has 0 rings (SSSR count). The summed E-state index contributed by atoms with van der Waals surface area (Å²) in [4.78, 5) is 21.9. The summed E-state index contributed by atoms with van der Waals surface area (Å²) in [6.45, 7) is 9.77. The zero-order chi connectivity index (χ0) is 15.2. The predicted octanol–water partition coefficient (Wildman–Crippen LogP) is 3.65. The van der Waals surface area contributed by atoms with Crippen LogP contribution >= 0.6 is 0 Å². The Morgan fingerprint density at radius 3 is 2.00 bits per heavy atom. The van der Waals surface area contributed by atoms with Crippen molar-refractivity contribution in [2.45, 2.75) is 60.3 Å². The van der Waals surface area contributed by atoms with Gasteiger partial charge in [0.2, 0.25) is 0 Å². The van der Waals surface area contributed by atoms with Gasteiger partial charge in [-0.1, -0.05) is 34.6 Å². The van der Waals surface area contributed by atoms with E-state index in [1.807, 2.05) is 13.8 Å². The van der Waals surface area contributed by atoms with Gasteiger partial charge < -0.3 is 10.2 Å². The van der Waals surface area contributed by atoms with Crippen LogP contribution in [0.2, 0.25) is 0 Å². The lowest BCUT2D eigenvalue weighted by Crippen LogP contribution is -2.26. The third-order valence-electron chi connectivity index (χ3n) is 3.99. The number of rotatable bonds is 9. The topological polar surface area (TPSA) is 74.6 Å². The first-order valence-corrected chi connectivity index (χ1v) is 7.06. The number of carboxylic acid groups (broad SMARTS) is 2. The molecule has 0 amide bonds. The maximum absolute atomic E-state index is 11.1. The highest BCUT2D eigenvalue weighted by Gasteiger charge is 2.29. The van der Waals surface area contributed by atoms with Crippen molar-refractivity contribution in [1.82, 2.24) is 0 Å². The molecule has 0 bridgehead atoms. The SMILES string of the molecule is CCC(C(=O)O)C(C)CC(C)(C)CCC(C)C(=O)O. The van der Waals surface area contributed by atoms with Gasteiger partial charge in [0.1, 0.15) is 0 Å². The largest absolute Gasteiger partial charge is 0.481 e. The molecule has 4 heteroatoms. The highest BCUT2D eigenvalue weighted by atomic mass is 16.4. The molecule has 0 radical (unpaired) electrons. The highest BCUT2D eigenvalue weighted by Crippen LogP contribution is 2.35. The molecule has 0 saturated carbocycles. The van der Waals surface area contributed by atoms with Gasteiger partial charge in [-0.05, 0) is 37.0 Å². The second kappa shape index (κ2) is 7.51. The summed E-state index contributed by atoms with van der Waals surface area (Å²) in [5.41, 5.74) is -0.0218. The van der Waals surface area contributed by atoms with Crippen LogP contribution in [0.1, 0.15) is 60.3 Å². The Morgan fingerprint density at radius 1 is 1.11 bits per heavy atom. The standard InChI is InChI=1S/C15H28O4/c1-6-12(14(18)19)11(3)9-15(4,5)8-7-10(2)13(16)17/h10-12H,6-9H2,1-5H3,(H,16,17)(H,18,19). The highest BCUT2D eigenvalue weighted by molar-refractivity contribution is 5.70. The Kier molecular flexibility index (Phi) is 7.09. The molecular weight excluding hydrogens is 244 g/mol. The van der Waals surface area contributed by atoms with Crippen LogP contribution in [0.15, 0.2) is 0 Å². The second-order valence-electron chi connectivity index (χ2n) is 6.48. The third kappa shape index (κ3) is 6.60. The molecular formula is C15H28O4. The average Bonchev–Trinajstić information content (AvgIpc) is 2.25. The minimum atomic E-state index is -0.763. The zero-order valence-electron chi connectivity index (χ0n) is 12.8. The normalized spacial score (nSPS) is 16.7. The van der Waals surface area contributed by atoms with E-state index in [0.29, 0.717) is 12.8 Å². The summed E-state index contributed by atoms with van der Waals surface area (Å²) in [7, 11) is 0. The van der Waals surface area contributed by atoms with Crippen molar-refractivity contribution in [2.75, 3.05) is 0 Å². The fourth-order valence-corrected chi connectivity index (χ4v) is 2.67. The summed E-state index contributed by atoms with van der Waals surface area (Å²) < 4.78 is 0. The fourth-order valence-electron chi connectivity index (χ4n) is 2.67. The summed E-state index contributed by atoms with van der Waals surface area (Å²) in [5, 5.41) is 18.0. The molecule has 0 aliphatic carbocycles. The van der Waals surface area contributed by atoms with Crippen molar-refractivity contribution in [3.63, 3.8) is 0 Å². The van der Waals surface area contributed by atoms with Crippen LogP contribution in [0.4, 0.5) is 0 Å². The molecule has 0 spiro atoms. The van der Waals surface area contributed by atoms with Gasteiger partial charge in [0.15, 0.2) is 0 Å². The zero-order valence-corrected chi connectivity index (χ0v) is 12.8. The maximum Gasteiger partial charge on any atom is 0.306 e. The van der Waals surface area contributed by atoms with E-state index in [0.717, 1.165) is 12.8 Å². The summed E-state index contributed by atoms with van der Waals surface area (Å²) in [6, 6.07) is 0. The second-order valence-corrected chi connectivity index (χ2v) is 6.48. The molecule has 0 heterocycles. The molecule has 4 nitrogen and oxygen atoms in total. The van der Waals surface area contributed by atoms with E-state index in [2.05, 4.69) is 13.8 Å². The smallest absolute Gasteiger partial charge is 0.306 e. The van der Waals surface area contributed by atoms with Gasteiger partial charge >= 0.3 is 11.9 Å². The molecule has 0 aliphatic rings. The molecule has 0 aromatic heterocycles. The molecule has 0 aromatic rings. The van der Waals surface area contributed by atoms with Gasteiger partial charge in [-0.2, -0.15) is 0 Å². The van der Waals surface area contributed by atoms with E-state index in [-0.39, 0.29) is 23.2 Å². The van der Waals surface area contributed by atoms with Gasteiger partial charge in [-0.3, -0.25) is 9.59 Å². The van der Waals surface area contributed by atoms with Crippen molar-refractivity contribution >= 4 is 11.9 Å². The molecule has 3 atom stereocenters. The quantitative estimate of drug-likeness (QED) is 0.672. The molecule has 19 heavy (non-hydrogen) atoms. The van der Waals surface area contributed by atoms with Crippen molar-refractivity contribution in [3.05, 3.63) is 0 Å². The third-order valence-corrected chi connectivity index (χ3v) is 3.99. The molecule has 0 fully saturated rings. The van der Waals surface area contributed by atoms with Gasteiger partial charge in [0, 0.05) is 0 Å². The minimum absolute atomic E-state index is 0.0218. The van der Waals surface area contributed by atoms with E-state index in [9.17, 15) is 9.59 Å². The number of aliphatic carboxylic acids is 2. The van der Waals surface area contributed by atoms with Gasteiger partial charge in [-0.25, -0.2) is 0 Å². The molecule has 2 N–H and O–H groups in total. The van der Waals surface area contributed by atoms with E-state index < -0.39 is 11.9 Å². The van der Waals surface area contributed by atoms with E-state index in [1.54, 1.807) is 6.92 Å². The van der Waals surface area contributed by atoms with Crippen molar-refractivity contribution < 1.29 is 19.8 Å². The van der Waals surface area contributed by atoms with Crippen LogP contribution in [0.3, 0.4) is 0 Å². The Balaban J connectivity index is 4.42. The molecule has 0 aromatic carbocycles. The van der Waals surface area contributed by atoms with Crippen molar-refractivity contribution in [2.24, 2.45) is 23.2 Å². The van der Waals surface area contributed by atoms with Crippen molar-refractivity contribution in [1.29, 1.82) is 0 Å². The van der Waals surface area contributed by atoms with Gasteiger partial charge in [-0.15, -0.1) is 0 Å². The van der Waals surface area contributed by atoms with E-state index >= 15 is 0 Å². The first kappa shape index (κ1) is 17.9. The summed E-state index contributed by atoms with van der Waals surface area (Å²) in [5.74, 6) is -2.03. The monoisotopic (exact) mass is 272 g/mol. The summed E-state index contributed by atoms with van der Waals surface area (Å²) in [6.07, 6.45) is 2.89. The van der Waals surface area contributed by atoms with Gasteiger partial charge in [0.05, 0.1) is 11.8 Å². The average molecular weight is 272 g/mol. The fraction of sp³-hybridized carbons (Fsp3) is 0.867. The Morgan fingerprint density at radius 2 is 1.63 bits per heavy atom. The van der Waals surface area contributed by atoms with E-state index in [4.69, 9.17) is 10.2 Å². The Hall–Kier alpha value is -1.06. The van der Waals surface area contributed by atoms with E-state index in [1.165, 1.54) is 0 Å². The van der Waals surface area contributed by atoms with Crippen LogP contribution < -0.4 is 0 Å². The Bertz CT molecular complexity index is 309. The van der Waals surface area contributed by atoms with Crippen LogP contribution in [-0.2, 0) is 9.59 Å². The first-order valence-electron chi connectivity index (χ1n) is 7.06. The van der Waals surface area contributed by atoms with Crippen LogP contribution in [0, 0.1) is 23.2 Å². The van der Waals surface area contributed by atoms with Crippen molar-refractivity contribution in [3.8, 4) is 0 Å². The summed E-state index contributed by atoms with van der Waals surface area (Å²) >= 11 is 0. The number of carboxylic acids is 2. The van der Waals surface area contributed by atoms with Gasteiger partial charge in [0.25, 0.3) is 0 Å². The number of hydrogen-bond donors (Lipinski definition) is 2. The molecule has 3 unspecified atom stereocenters.